The molecule has 0 amide bonds. The van der Waals surface area contributed by atoms with Gasteiger partial charge in [0.2, 0.25) is 0 Å². The highest BCUT2D eigenvalue weighted by Crippen LogP contribution is 2.18. The summed E-state index contributed by atoms with van der Waals surface area (Å²) in [6, 6.07) is 20.4. The Kier molecular flexibility index (Phi) is 6.03. The van der Waals surface area contributed by atoms with Crippen LogP contribution in [-0.4, -0.2) is 47.9 Å². The Labute approximate surface area is 191 Å². The lowest BCUT2D eigenvalue weighted by Gasteiger charge is -2.38. The first-order valence-corrected chi connectivity index (χ1v) is 11.3. The van der Waals surface area contributed by atoms with Gasteiger partial charge >= 0.3 is 0 Å². The van der Waals surface area contributed by atoms with Gasteiger partial charge in [-0.25, -0.2) is 8.78 Å². The molecule has 1 aromatic heterocycles. The van der Waals surface area contributed by atoms with E-state index in [0.29, 0.717) is 18.7 Å². The number of carbonyl (C=O) groups excluding carboxylic acids is 1. The van der Waals surface area contributed by atoms with Crippen LogP contribution in [0.3, 0.4) is 0 Å². The average Bonchev–Trinajstić information content (AvgIpc) is 3.32. The number of H-pyrrole nitrogens is 1. The lowest BCUT2D eigenvalue weighted by atomic mass is 9.99. The van der Waals surface area contributed by atoms with Crippen molar-refractivity contribution in [3.8, 4) is 0 Å². The highest BCUT2D eigenvalue weighted by molar-refractivity contribution is 6.00. The second-order valence-electron chi connectivity index (χ2n) is 8.64. The van der Waals surface area contributed by atoms with Crippen molar-refractivity contribution < 1.29 is 18.5 Å². The van der Waals surface area contributed by atoms with Crippen molar-refractivity contribution in [2.75, 3.05) is 26.2 Å². The zero-order valence-corrected chi connectivity index (χ0v) is 18.2. The maximum atomic E-state index is 13.5. The van der Waals surface area contributed by atoms with Gasteiger partial charge in [-0.3, -0.25) is 14.6 Å². The standard InChI is InChI=1S/C27H25F2N3O/c28-22-5-1-19(2-6-22)12-14-31-15-16-32(24-9-10-25-21(17-24)11-13-30-25)18-26(31)27(33)20-3-7-23(29)8-4-20/h1-11,13,17,26,30H,12,14-16,18H2/p+1. The van der Waals surface area contributed by atoms with E-state index in [1.54, 1.807) is 24.3 Å². The predicted molar refractivity (Wildman–Crippen MR) is 125 cm³/mol. The number of rotatable bonds is 6. The summed E-state index contributed by atoms with van der Waals surface area (Å²) < 4.78 is 26.7. The fraction of sp³-hybridized carbons (Fsp3) is 0.222. The summed E-state index contributed by atoms with van der Waals surface area (Å²) in [6.07, 6.45) is 2.66. The van der Waals surface area contributed by atoms with Gasteiger partial charge in [0.05, 0.1) is 6.54 Å². The summed E-state index contributed by atoms with van der Waals surface area (Å²) in [6.45, 7) is 2.98. The lowest BCUT2D eigenvalue weighted by molar-refractivity contribution is -0.840. The number of aromatic amines is 1. The van der Waals surface area contributed by atoms with Crippen LogP contribution >= 0.6 is 0 Å². The van der Waals surface area contributed by atoms with E-state index in [9.17, 15) is 13.6 Å². The van der Waals surface area contributed by atoms with Gasteiger partial charge in [0.15, 0.2) is 5.78 Å². The molecule has 0 spiro atoms. The number of carbonyl (C=O) groups is 1. The monoisotopic (exact) mass is 446 g/mol. The second kappa shape index (κ2) is 9.25. The maximum absolute atomic E-state index is 13.5. The molecule has 2 heterocycles. The number of piperazine rings is 1. The smallest absolute Gasteiger partial charge is 0.185 e. The number of benzene rings is 3. The van der Waals surface area contributed by atoms with Crippen LogP contribution in [0, 0.1) is 11.6 Å². The predicted octanol–water partition coefficient (Wildman–Crippen LogP) is 3.77. The van der Waals surface area contributed by atoms with E-state index in [1.807, 2.05) is 6.20 Å². The molecule has 1 saturated heterocycles. The Morgan fingerprint density at radius 3 is 2.45 bits per heavy atom. The summed E-state index contributed by atoms with van der Waals surface area (Å²) in [5.74, 6) is -0.593. The van der Waals surface area contributed by atoms with E-state index in [1.165, 1.54) is 29.2 Å². The number of hydrogen-bond donors (Lipinski definition) is 2. The van der Waals surface area contributed by atoms with Crippen molar-refractivity contribution in [2.45, 2.75) is 12.5 Å². The van der Waals surface area contributed by atoms with Gasteiger partial charge in [-0.15, -0.1) is 0 Å². The molecule has 6 heteroatoms. The van der Waals surface area contributed by atoms with Crippen molar-refractivity contribution in [3.05, 3.63) is 102 Å². The molecule has 1 aliphatic heterocycles. The van der Waals surface area contributed by atoms with Crippen molar-refractivity contribution in [1.82, 2.24) is 9.88 Å². The van der Waals surface area contributed by atoms with Crippen molar-refractivity contribution in [1.29, 1.82) is 0 Å². The summed E-state index contributed by atoms with van der Waals surface area (Å²) in [4.78, 5) is 20.2. The van der Waals surface area contributed by atoms with Crippen LogP contribution in [0.4, 0.5) is 14.5 Å². The Hall–Kier alpha value is -3.35. The quantitative estimate of drug-likeness (QED) is 0.443. The average molecular weight is 447 g/mol. The number of nitrogens with one attached hydrogen (secondary N) is 2. The largest absolute Gasteiger partial charge is 0.361 e. The Balaban J connectivity index is 1.38. The van der Waals surface area contributed by atoms with Gasteiger partial charge < -0.3 is 4.98 Å². The molecule has 2 unspecified atom stereocenters. The molecule has 5 rings (SSSR count). The SMILES string of the molecule is O=C(c1ccc(F)cc1)C1C[NH+](c2ccc3[nH]ccc3c2)CCN1CCc1ccc(F)cc1. The summed E-state index contributed by atoms with van der Waals surface area (Å²) in [5, 5.41) is 1.15. The molecule has 4 aromatic rings. The number of halogens is 2. The molecular formula is C27H26F2N3O+. The van der Waals surface area contributed by atoms with E-state index < -0.39 is 0 Å². The first-order valence-electron chi connectivity index (χ1n) is 11.3. The summed E-state index contributed by atoms with van der Waals surface area (Å²) in [5.41, 5.74) is 3.82. The van der Waals surface area contributed by atoms with E-state index in [2.05, 4.69) is 34.1 Å². The number of quaternary nitrogens is 1. The van der Waals surface area contributed by atoms with Gasteiger partial charge in [-0.1, -0.05) is 12.1 Å². The van der Waals surface area contributed by atoms with Crippen LogP contribution in [0.15, 0.2) is 79.0 Å². The molecule has 1 aliphatic rings. The molecule has 168 valence electrons. The topological polar surface area (TPSA) is 40.5 Å². The van der Waals surface area contributed by atoms with Crippen LogP contribution in [0.1, 0.15) is 15.9 Å². The molecule has 0 saturated carbocycles. The van der Waals surface area contributed by atoms with Gasteiger partial charge in [0, 0.05) is 47.9 Å². The maximum Gasteiger partial charge on any atom is 0.185 e. The summed E-state index contributed by atoms with van der Waals surface area (Å²) >= 11 is 0. The third-order valence-electron chi connectivity index (χ3n) is 6.58. The Morgan fingerprint density at radius 1 is 0.970 bits per heavy atom. The molecule has 4 nitrogen and oxygen atoms in total. The fourth-order valence-electron chi connectivity index (χ4n) is 4.69. The van der Waals surface area contributed by atoms with E-state index in [0.717, 1.165) is 41.7 Å². The summed E-state index contributed by atoms with van der Waals surface area (Å²) in [7, 11) is 0. The molecule has 2 N–H and O–H groups in total. The van der Waals surface area contributed by atoms with Gasteiger partial charge in [-0.2, -0.15) is 0 Å². The van der Waals surface area contributed by atoms with Gasteiger partial charge in [0.25, 0.3) is 0 Å². The van der Waals surface area contributed by atoms with Crippen molar-refractivity contribution in [3.63, 3.8) is 0 Å². The molecule has 1 fully saturated rings. The molecule has 2 atom stereocenters. The number of nitrogens with zero attached hydrogens (tertiary/aromatic N) is 1. The third kappa shape index (κ3) is 4.72. The van der Waals surface area contributed by atoms with Crippen LogP contribution in [0.2, 0.25) is 0 Å². The first-order chi connectivity index (χ1) is 16.1. The first kappa shape index (κ1) is 21.5. The van der Waals surface area contributed by atoms with Crippen molar-refractivity contribution >= 4 is 22.4 Å². The minimum absolute atomic E-state index is 0.00836. The highest BCUT2D eigenvalue weighted by atomic mass is 19.1. The zero-order chi connectivity index (χ0) is 22.8. The van der Waals surface area contributed by atoms with E-state index in [-0.39, 0.29) is 23.5 Å². The minimum atomic E-state index is -0.351. The highest BCUT2D eigenvalue weighted by Gasteiger charge is 2.36. The molecule has 0 bridgehead atoms. The normalized spacial score (nSPS) is 19.1. The van der Waals surface area contributed by atoms with Gasteiger partial charge in [-0.05, 0) is 60.5 Å². The van der Waals surface area contributed by atoms with Crippen molar-refractivity contribution in [2.24, 2.45) is 0 Å². The number of fused-ring (bicyclic) bond motifs is 1. The number of aromatic nitrogens is 1. The number of ketones is 1. The fourth-order valence-corrected chi connectivity index (χ4v) is 4.69. The van der Waals surface area contributed by atoms with E-state index in [4.69, 9.17) is 0 Å². The van der Waals surface area contributed by atoms with Gasteiger partial charge in [0.1, 0.15) is 29.9 Å². The van der Waals surface area contributed by atoms with Crippen LogP contribution in [0.5, 0.6) is 0 Å². The van der Waals surface area contributed by atoms with Crippen LogP contribution in [-0.2, 0) is 6.42 Å². The molecule has 0 aliphatic carbocycles. The number of hydrogen-bond acceptors (Lipinski definition) is 2. The zero-order valence-electron chi connectivity index (χ0n) is 18.2. The lowest BCUT2D eigenvalue weighted by Crippen LogP contribution is -3.11. The molecular weight excluding hydrogens is 420 g/mol. The Bertz CT molecular complexity index is 1250. The Morgan fingerprint density at radius 2 is 1.70 bits per heavy atom. The van der Waals surface area contributed by atoms with E-state index >= 15 is 0 Å². The molecule has 33 heavy (non-hydrogen) atoms. The molecule has 3 aromatic carbocycles. The van der Waals surface area contributed by atoms with Crippen LogP contribution in [0.25, 0.3) is 10.9 Å². The third-order valence-corrected chi connectivity index (χ3v) is 6.58. The second-order valence-corrected chi connectivity index (χ2v) is 8.64. The van der Waals surface area contributed by atoms with Crippen LogP contribution < -0.4 is 4.90 Å². The minimum Gasteiger partial charge on any atom is -0.361 e. The molecule has 0 radical (unpaired) electrons. The number of Topliss-reactive ketones (excluding diaryl/α,β-unsaturated/α-hetero) is 1.